The molecule has 1 unspecified atom stereocenters. The molecule has 0 amide bonds. The monoisotopic (exact) mass is 458 g/mol. The molecule has 180 valence electrons. The average molecular weight is 458 g/mol. The maximum absolute atomic E-state index is 9.94. The van der Waals surface area contributed by atoms with Gasteiger partial charge < -0.3 is 65.3 Å². The summed E-state index contributed by atoms with van der Waals surface area (Å²) < 4.78 is 15.3. The summed E-state index contributed by atoms with van der Waals surface area (Å²) in [6.07, 6.45) is -14.5. The van der Waals surface area contributed by atoms with E-state index in [1.807, 2.05) is 0 Å². The van der Waals surface area contributed by atoms with Crippen LogP contribution < -0.4 is 0 Å². The third kappa shape index (κ3) is 7.41. The lowest BCUT2D eigenvalue weighted by Crippen LogP contribution is -2.64. The largest absolute Gasteiger partial charge is 0.478 e. The summed E-state index contributed by atoms with van der Waals surface area (Å²) in [5.74, 6) is -2.51. The highest BCUT2D eigenvalue weighted by atomic mass is 16.7. The lowest BCUT2D eigenvalue weighted by atomic mass is 9.97. The highest BCUT2D eigenvalue weighted by Crippen LogP contribution is 2.28. The fraction of sp³-hybridized carbons (Fsp3) is 0.750. The zero-order chi connectivity index (χ0) is 23.9. The molecule has 2 fully saturated rings. The van der Waals surface area contributed by atoms with E-state index < -0.39 is 86.6 Å². The molecule has 15 nitrogen and oxygen atoms in total. The zero-order valence-corrected chi connectivity index (χ0v) is 15.9. The van der Waals surface area contributed by atoms with Gasteiger partial charge in [-0.1, -0.05) is 0 Å². The van der Waals surface area contributed by atoms with E-state index in [0.29, 0.717) is 12.2 Å². The van der Waals surface area contributed by atoms with Crippen LogP contribution in [0.1, 0.15) is 0 Å². The average Bonchev–Trinajstić information content (AvgIpc) is 2.72. The van der Waals surface area contributed by atoms with Crippen molar-refractivity contribution in [2.75, 3.05) is 13.2 Å². The van der Waals surface area contributed by atoms with Gasteiger partial charge in [-0.2, -0.15) is 0 Å². The van der Waals surface area contributed by atoms with Crippen molar-refractivity contribution in [2.24, 2.45) is 0 Å². The van der Waals surface area contributed by atoms with Crippen LogP contribution in [0.3, 0.4) is 0 Å². The van der Waals surface area contributed by atoms with Crippen LogP contribution in [-0.2, 0) is 23.8 Å². The van der Waals surface area contributed by atoms with E-state index in [4.69, 9.17) is 29.5 Å². The zero-order valence-electron chi connectivity index (χ0n) is 15.9. The molecule has 31 heavy (non-hydrogen) atoms. The van der Waals surface area contributed by atoms with E-state index in [0.717, 1.165) is 0 Å². The molecule has 0 bridgehead atoms. The number of rotatable bonds is 6. The fourth-order valence-electron chi connectivity index (χ4n) is 2.71. The summed E-state index contributed by atoms with van der Waals surface area (Å²) in [5.41, 5.74) is 0. The van der Waals surface area contributed by atoms with Crippen LogP contribution in [0.25, 0.3) is 0 Å². The molecule has 0 radical (unpaired) electrons. The summed E-state index contributed by atoms with van der Waals surface area (Å²) in [7, 11) is 0. The summed E-state index contributed by atoms with van der Waals surface area (Å²) >= 11 is 0. The summed E-state index contributed by atoms with van der Waals surface area (Å²) in [6.45, 7) is -1.35. The number of ether oxygens (including phenoxy) is 3. The number of carbonyl (C=O) groups is 2. The van der Waals surface area contributed by atoms with Crippen molar-refractivity contribution in [3.8, 4) is 0 Å². The second-order valence-corrected chi connectivity index (χ2v) is 6.54. The van der Waals surface area contributed by atoms with Crippen LogP contribution >= 0.6 is 0 Å². The predicted molar refractivity (Wildman–Crippen MR) is 93.0 cm³/mol. The maximum atomic E-state index is 9.94. The molecule has 0 spiro atoms. The third-order valence-corrected chi connectivity index (χ3v) is 4.35. The molecular weight excluding hydrogens is 432 g/mol. The number of hydrogen-bond acceptors (Lipinski definition) is 13. The van der Waals surface area contributed by atoms with Crippen molar-refractivity contribution in [1.29, 1.82) is 0 Å². The molecule has 15 heteroatoms. The molecule has 2 aliphatic heterocycles. The Labute approximate surface area is 174 Å². The number of carboxylic acids is 2. The first-order chi connectivity index (χ1) is 14.4. The van der Waals surface area contributed by atoms with Crippen LogP contribution in [0.5, 0.6) is 0 Å². The number of aliphatic hydroxyl groups excluding tert-OH is 8. The molecular formula is C16H26O15. The van der Waals surface area contributed by atoms with E-state index in [1.54, 1.807) is 0 Å². The first kappa shape index (κ1) is 27.3. The second-order valence-electron chi connectivity index (χ2n) is 6.54. The number of aliphatic carboxylic acids is 2. The molecule has 0 saturated carbocycles. The van der Waals surface area contributed by atoms with Crippen LogP contribution in [-0.4, -0.2) is 138 Å². The number of hydrogen-bond donors (Lipinski definition) is 10. The minimum atomic E-state index is -1.74. The van der Waals surface area contributed by atoms with E-state index in [1.165, 1.54) is 0 Å². The molecule has 2 heterocycles. The minimum absolute atomic E-state index is 0.558. The Hall–Kier alpha value is -1.76. The summed E-state index contributed by atoms with van der Waals surface area (Å²) in [4.78, 5) is 19.1. The highest BCUT2D eigenvalue weighted by Gasteiger charge is 2.50. The van der Waals surface area contributed by atoms with Gasteiger partial charge in [-0.25, -0.2) is 9.59 Å². The number of carboxylic acid groups (broad SMARTS) is 2. The van der Waals surface area contributed by atoms with E-state index >= 15 is 0 Å². The Bertz CT molecular complexity index is 592. The van der Waals surface area contributed by atoms with Gasteiger partial charge in [0.2, 0.25) is 0 Å². The Kier molecular flexibility index (Phi) is 10.8. The molecule has 0 aliphatic carbocycles. The quantitative estimate of drug-likeness (QED) is 0.166. The minimum Gasteiger partial charge on any atom is -0.478 e. The lowest BCUT2D eigenvalue weighted by molar-refractivity contribution is -0.355. The highest BCUT2D eigenvalue weighted by molar-refractivity contribution is 5.89. The van der Waals surface area contributed by atoms with Crippen LogP contribution in [0.15, 0.2) is 12.2 Å². The normalized spacial score (nSPS) is 40.8. The van der Waals surface area contributed by atoms with Crippen molar-refractivity contribution in [1.82, 2.24) is 0 Å². The lowest BCUT2D eigenvalue weighted by Gasteiger charge is -2.45. The van der Waals surface area contributed by atoms with Gasteiger partial charge >= 0.3 is 11.9 Å². The van der Waals surface area contributed by atoms with Gasteiger partial charge in [-0.05, 0) is 0 Å². The Morgan fingerprint density at radius 1 is 0.710 bits per heavy atom. The first-order valence-electron chi connectivity index (χ1n) is 8.85. The standard InChI is InChI=1S/C12H22O11.C4H4O4/c13-1-3-5(15)6(16)9(19)12(22-3)23-10-4(2-14)21-11(20)8(18)7(10)17;5-3(6)1-2-4(7)8/h3-20H,1-2H2;1-2H,(H,5,6)(H,7,8)/t3-,4-,5+,6+,7-,8-,9-,10-,11?,12+;/m1./s1. The van der Waals surface area contributed by atoms with Crippen molar-refractivity contribution >= 4 is 11.9 Å². The van der Waals surface area contributed by atoms with Crippen molar-refractivity contribution in [2.45, 2.75) is 61.4 Å². The van der Waals surface area contributed by atoms with E-state index in [2.05, 4.69) is 0 Å². The van der Waals surface area contributed by atoms with Crippen molar-refractivity contribution in [3.05, 3.63) is 12.2 Å². The molecule has 2 rings (SSSR count). The van der Waals surface area contributed by atoms with Gasteiger partial charge in [0.15, 0.2) is 12.6 Å². The molecule has 0 aromatic carbocycles. The summed E-state index contributed by atoms with van der Waals surface area (Å²) in [5, 5.41) is 92.1. The SMILES string of the molecule is O=C(O)C=CC(=O)O.OC[C@H]1O[C@@H](O[C@H]2[C@H](O)[C@@H](O)C(O)O[C@@H]2CO)[C@H](O)[C@@H](O)[C@H]1O. The first-order valence-corrected chi connectivity index (χ1v) is 8.85. The fourth-order valence-corrected chi connectivity index (χ4v) is 2.71. The molecule has 0 aromatic rings. The third-order valence-electron chi connectivity index (χ3n) is 4.35. The summed E-state index contributed by atoms with van der Waals surface area (Å²) in [6, 6.07) is 0. The molecule has 2 saturated heterocycles. The molecule has 0 aromatic heterocycles. The molecule has 10 N–H and O–H groups in total. The van der Waals surface area contributed by atoms with Gasteiger partial charge in [0.1, 0.15) is 48.8 Å². The topological polar surface area (TPSA) is 264 Å². The van der Waals surface area contributed by atoms with Crippen molar-refractivity contribution in [3.63, 3.8) is 0 Å². The van der Waals surface area contributed by atoms with Gasteiger partial charge in [0, 0.05) is 12.2 Å². The van der Waals surface area contributed by atoms with E-state index in [9.17, 15) is 45.3 Å². The molecule has 2 aliphatic rings. The van der Waals surface area contributed by atoms with Crippen LogP contribution in [0.2, 0.25) is 0 Å². The molecule has 10 atom stereocenters. The Morgan fingerprint density at radius 3 is 1.68 bits per heavy atom. The van der Waals surface area contributed by atoms with Crippen LogP contribution in [0, 0.1) is 0 Å². The van der Waals surface area contributed by atoms with Gasteiger partial charge in [-0.3, -0.25) is 0 Å². The van der Waals surface area contributed by atoms with Crippen molar-refractivity contribution < 1.29 is 74.9 Å². The smallest absolute Gasteiger partial charge is 0.328 e. The Balaban J connectivity index is 0.000000512. The van der Waals surface area contributed by atoms with Gasteiger partial charge in [0.05, 0.1) is 13.2 Å². The second kappa shape index (κ2) is 12.3. The Morgan fingerprint density at radius 2 is 1.23 bits per heavy atom. The maximum Gasteiger partial charge on any atom is 0.328 e. The predicted octanol–water partition coefficient (Wildman–Crippen LogP) is -5.69. The van der Waals surface area contributed by atoms with Gasteiger partial charge in [0.25, 0.3) is 0 Å². The van der Waals surface area contributed by atoms with Gasteiger partial charge in [-0.15, -0.1) is 0 Å². The van der Waals surface area contributed by atoms with E-state index in [-0.39, 0.29) is 0 Å². The number of aliphatic hydroxyl groups is 8. The van der Waals surface area contributed by atoms with Crippen LogP contribution in [0.4, 0.5) is 0 Å².